The van der Waals surface area contributed by atoms with Gasteiger partial charge in [0, 0.05) is 15.6 Å². The fourth-order valence-electron chi connectivity index (χ4n) is 3.33. The maximum Gasteiger partial charge on any atom is 0.280 e. The highest BCUT2D eigenvalue weighted by molar-refractivity contribution is 7.90. The van der Waals surface area contributed by atoms with Crippen LogP contribution in [0, 0.1) is 6.92 Å². The third-order valence-corrected chi connectivity index (χ3v) is 6.95. The number of nitrogens with zero attached hydrogens (tertiary/aromatic N) is 2. The number of hydrogen-bond acceptors (Lipinski definition) is 5. The van der Waals surface area contributed by atoms with E-state index in [1.54, 1.807) is 29.7 Å². The van der Waals surface area contributed by atoms with E-state index in [9.17, 15) is 18.0 Å². The lowest BCUT2D eigenvalue weighted by atomic mass is 10.1. The summed E-state index contributed by atoms with van der Waals surface area (Å²) in [6, 6.07) is 9.48. The van der Waals surface area contributed by atoms with Gasteiger partial charge >= 0.3 is 0 Å². The monoisotopic (exact) mass is 495 g/mol. The molecule has 1 N–H and O–H groups in total. The molecule has 0 aliphatic carbocycles. The van der Waals surface area contributed by atoms with Gasteiger partial charge in [0.25, 0.3) is 11.5 Å². The molecule has 0 fully saturated rings. The first-order valence-electron chi connectivity index (χ1n) is 10.1. The van der Waals surface area contributed by atoms with E-state index in [-0.39, 0.29) is 17.9 Å². The van der Waals surface area contributed by atoms with Crippen LogP contribution in [0.4, 0.5) is 0 Å². The average Bonchev–Trinajstić information content (AvgIpc) is 2.71. The fraction of sp³-hybridized carbons (Fsp3) is 0.318. The Morgan fingerprint density at radius 3 is 2.56 bits per heavy atom. The van der Waals surface area contributed by atoms with E-state index in [1.165, 1.54) is 18.2 Å². The summed E-state index contributed by atoms with van der Waals surface area (Å²) in [5, 5.41) is 1.26. The van der Waals surface area contributed by atoms with Crippen LogP contribution in [0.25, 0.3) is 10.9 Å². The Balaban J connectivity index is 2.00. The van der Waals surface area contributed by atoms with Crippen LogP contribution in [0.1, 0.15) is 47.9 Å². The number of benzene rings is 2. The third-order valence-electron chi connectivity index (χ3n) is 5.04. The summed E-state index contributed by atoms with van der Waals surface area (Å²) in [5.41, 5.74) is 0.886. The smallest absolute Gasteiger partial charge is 0.280 e. The van der Waals surface area contributed by atoms with Crippen molar-refractivity contribution in [2.75, 3.05) is 5.75 Å². The van der Waals surface area contributed by atoms with Gasteiger partial charge < -0.3 is 4.57 Å². The predicted octanol–water partition coefficient (Wildman–Crippen LogP) is 4.31. The van der Waals surface area contributed by atoms with Crippen molar-refractivity contribution < 1.29 is 13.2 Å². The number of carbonyl (C=O) groups is 1. The van der Waals surface area contributed by atoms with Gasteiger partial charge in [-0.2, -0.15) is 4.98 Å². The Bertz CT molecular complexity index is 1340. The van der Waals surface area contributed by atoms with Crippen LogP contribution in [0.3, 0.4) is 0 Å². The van der Waals surface area contributed by atoms with Gasteiger partial charge in [-0.05, 0) is 49.2 Å². The van der Waals surface area contributed by atoms with Gasteiger partial charge in [-0.3, -0.25) is 9.59 Å². The number of amides is 1. The van der Waals surface area contributed by atoms with Gasteiger partial charge in [-0.15, -0.1) is 0 Å². The van der Waals surface area contributed by atoms with Crippen LogP contribution in [0.15, 0.2) is 41.2 Å². The number of aryl methyl sites for hydroxylation is 1. The minimum atomic E-state index is -3.75. The summed E-state index contributed by atoms with van der Waals surface area (Å²) in [6.07, 6.45) is 2.11. The van der Waals surface area contributed by atoms with E-state index in [0.29, 0.717) is 33.2 Å². The molecule has 10 heteroatoms. The largest absolute Gasteiger partial charge is 0.325 e. The molecule has 32 heavy (non-hydrogen) atoms. The molecule has 1 heterocycles. The fourth-order valence-corrected chi connectivity index (χ4v) is 4.89. The van der Waals surface area contributed by atoms with Crippen molar-refractivity contribution in [3.8, 4) is 0 Å². The number of hydrogen-bond donors (Lipinski definition) is 1. The molecule has 1 amide bonds. The number of unbranched alkanes of at least 4 members (excludes halogenated alkanes) is 2. The van der Waals surface area contributed by atoms with Gasteiger partial charge in [-0.1, -0.05) is 49.0 Å². The standard InChI is InChI=1S/C22H23Cl2N3O4S/c1-3-4-5-10-32(30,31)26-21(28)15-7-9-18-20(11-15)27(14(2)25-22(18)29)13-16-6-8-17(23)12-19(16)24/h6-9,11-12H,3-5,10,13H2,1-2H3,(H,26,28). The van der Waals surface area contributed by atoms with Crippen molar-refractivity contribution in [2.24, 2.45) is 0 Å². The number of halogens is 2. The molecule has 3 aromatic rings. The Morgan fingerprint density at radius 2 is 1.88 bits per heavy atom. The number of sulfonamides is 1. The molecule has 0 spiro atoms. The van der Waals surface area contributed by atoms with Gasteiger partial charge in [0.05, 0.1) is 23.2 Å². The van der Waals surface area contributed by atoms with E-state index >= 15 is 0 Å². The molecule has 0 saturated carbocycles. The highest BCUT2D eigenvalue weighted by Gasteiger charge is 2.18. The zero-order valence-electron chi connectivity index (χ0n) is 17.7. The van der Waals surface area contributed by atoms with E-state index in [0.717, 1.165) is 18.4 Å². The first-order valence-corrected chi connectivity index (χ1v) is 12.5. The quantitative estimate of drug-likeness (QED) is 0.469. The highest BCUT2D eigenvalue weighted by Crippen LogP contribution is 2.24. The molecule has 0 radical (unpaired) electrons. The summed E-state index contributed by atoms with van der Waals surface area (Å²) in [4.78, 5) is 29.1. The van der Waals surface area contributed by atoms with E-state index in [2.05, 4.69) is 9.71 Å². The molecule has 3 rings (SSSR count). The molecule has 0 unspecified atom stereocenters. The van der Waals surface area contributed by atoms with Crippen molar-refractivity contribution in [1.82, 2.24) is 14.3 Å². The van der Waals surface area contributed by atoms with Gasteiger partial charge in [0.1, 0.15) is 5.82 Å². The van der Waals surface area contributed by atoms with Crippen molar-refractivity contribution in [3.05, 3.63) is 73.7 Å². The molecule has 0 atom stereocenters. The molecular weight excluding hydrogens is 473 g/mol. The topological polar surface area (TPSA) is 98.1 Å². The second-order valence-electron chi connectivity index (χ2n) is 7.48. The normalized spacial score (nSPS) is 11.6. The summed E-state index contributed by atoms with van der Waals surface area (Å²) >= 11 is 12.3. The van der Waals surface area contributed by atoms with Crippen molar-refractivity contribution in [1.29, 1.82) is 0 Å². The molecule has 0 saturated heterocycles. The van der Waals surface area contributed by atoms with E-state index < -0.39 is 21.5 Å². The zero-order valence-corrected chi connectivity index (χ0v) is 20.0. The molecule has 1 aromatic heterocycles. The summed E-state index contributed by atoms with van der Waals surface area (Å²) in [5.74, 6) is -0.442. The van der Waals surface area contributed by atoms with Crippen molar-refractivity contribution in [2.45, 2.75) is 39.7 Å². The predicted molar refractivity (Wildman–Crippen MR) is 127 cm³/mol. The number of carbonyl (C=O) groups excluding carboxylic acids is 1. The molecule has 2 aromatic carbocycles. The van der Waals surface area contributed by atoms with Crippen LogP contribution >= 0.6 is 23.2 Å². The van der Waals surface area contributed by atoms with Gasteiger partial charge in [-0.25, -0.2) is 13.1 Å². The van der Waals surface area contributed by atoms with E-state index in [1.807, 2.05) is 6.92 Å². The van der Waals surface area contributed by atoms with Gasteiger partial charge in [0.2, 0.25) is 10.0 Å². The van der Waals surface area contributed by atoms with Crippen LogP contribution < -0.4 is 10.3 Å². The number of fused-ring (bicyclic) bond motifs is 1. The van der Waals surface area contributed by atoms with Crippen LogP contribution in [-0.4, -0.2) is 29.6 Å². The minimum Gasteiger partial charge on any atom is -0.325 e. The first-order chi connectivity index (χ1) is 15.1. The molecule has 0 aliphatic heterocycles. The molecule has 0 bridgehead atoms. The van der Waals surface area contributed by atoms with Crippen molar-refractivity contribution >= 4 is 50.0 Å². The summed E-state index contributed by atoms with van der Waals surface area (Å²) in [6.45, 7) is 3.93. The van der Waals surface area contributed by atoms with Crippen molar-refractivity contribution in [3.63, 3.8) is 0 Å². The SMILES string of the molecule is CCCCCS(=O)(=O)NC(=O)c1ccc2c(=O)nc(C)n(Cc3ccc(Cl)cc3Cl)c2c1. The molecule has 7 nitrogen and oxygen atoms in total. The van der Waals surface area contributed by atoms with Crippen LogP contribution in [0.5, 0.6) is 0 Å². The average molecular weight is 496 g/mol. The molecular formula is C22H23Cl2N3O4S. The Morgan fingerprint density at radius 1 is 1.12 bits per heavy atom. The number of aromatic nitrogens is 2. The Hall–Kier alpha value is -2.42. The third kappa shape index (κ3) is 5.68. The maximum atomic E-state index is 12.6. The second-order valence-corrected chi connectivity index (χ2v) is 10.2. The highest BCUT2D eigenvalue weighted by atomic mass is 35.5. The summed E-state index contributed by atoms with van der Waals surface area (Å²) < 4.78 is 28.3. The Kier molecular flexibility index (Phi) is 7.59. The van der Waals surface area contributed by atoms with Crippen LogP contribution in [0.2, 0.25) is 10.0 Å². The number of nitrogens with one attached hydrogen (secondary N) is 1. The molecule has 0 aliphatic rings. The van der Waals surface area contributed by atoms with Crippen LogP contribution in [-0.2, 0) is 16.6 Å². The Labute approximate surface area is 196 Å². The lowest BCUT2D eigenvalue weighted by Crippen LogP contribution is -2.32. The van der Waals surface area contributed by atoms with E-state index in [4.69, 9.17) is 23.2 Å². The van der Waals surface area contributed by atoms with Gasteiger partial charge in [0.15, 0.2) is 0 Å². The minimum absolute atomic E-state index is 0.122. The summed E-state index contributed by atoms with van der Waals surface area (Å²) in [7, 11) is -3.75. The zero-order chi connectivity index (χ0) is 23.5. The molecule has 170 valence electrons. The lowest BCUT2D eigenvalue weighted by molar-refractivity contribution is 0.0981. The first kappa shape index (κ1) is 24.2. The second kappa shape index (κ2) is 10.0. The lowest BCUT2D eigenvalue weighted by Gasteiger charge is -2.16. The number of rotatable bonds is 8. The maximum absolute atomic E-state index is 12.6.